The van der Waals surface area contributed by atoms with Crippen molar-refractivity contribution in [3.63, 3.8) is 0 Å². The number of hydrogen-bond donors (Lipinski definition) is 3. The van der Waals surface area contributed by atoms with Crippen LogP contribution in [0.3, 0.4) is 0 Å². The van der Waals surface area contributed by atoms with E-state index in [9.17, 15) is 14.8 Å². The third-order valence-corrected chi connectivity index (χ3v) is 7.41. The minimum Gasteiger partial charge on any atom is -0.489 e. The molecule has 0 spiro atoms. The van der Waals surface area contributed by atoms with Crippen molar-refractivity contribution in [1.29, 1.82) is 0 Å². The van der Waals surface area contributed by atoms with Crippen LogP contribution in [0.15, 0.2) is 59.6 Å². The van der Waals surface area contributed by atoms with E-state index >= 15 is 0 Å². The number of thiazole rings is 1. The number of carboxylic acids is 1. The molecule has 5 rings (SSSR count). The van der Waals surface area contributed by atoms with Crippen LogP contribution in [-0.4, -0.2) is 50.1 Å². The average molecular weight is 464 g/mol. The highest BCUT2D eigenvalue weighted by atomic mass is 32.2. The second-order valence-electron chi connectivity index (χ2n) is 7.27. The minimum absolute atomic E-state index is 0.322. The van der Waals surface area contributed by atoms with Gasteiger partial charge in [0.15, 0.2) is 6.04 Å². The van der Waals surface area contributed by atoms with E-state index < -0.39 is 19.1 Å². The standard InChI is InChI=1S/C22H17BN2O5S2/c26-22(27)18-11-31-20(25-18)21-24-17-8-7-13(9-19(17)32-21)30-10-12-3-1-5-15-14(12)4-2-6-16(15)23(28)29/h1-9,18,28-29H,10-11H2,(H,26,27)/t18-/m1/s1. The molecule has 1 aliphatic rings. The van der Waals surface area contributed by atoms with E-state index in [1.165, 1.54) is 23.1 Å². The summed E-state index contributed by atoms with van der Waals surface area (Å²) in [5.41, 5.74) is 2.21. The molecule has 0 fully saturated rings. The van der Waals surface area contributed by atoms with Gasteiger partial charge in [0, 0.05) is 5.75 Å². The third kappa shape index (κ3) is 3.98. The minimum atomic E-state index is -1.54. The lowest BCUT2D eigenvalue weighted by Gasteiger charge is -2.11. The molecule has 4 aromatic rings. The Morgan fingerprint density at radius 2 is 1.94 bits per heavy atom. The van der Waals surface area contributed by atoms with E-state index in [2.05, 4.69) is 9.98 Å². The molecule has 3 aromatic carbocycles. The average Bonchev–Trinajstić information content (AvgIpc) is 3.44. The number of aliphatic imine (C=N–C) groups is 1. The number of fused-ring (bicyclic) bond motifs is 2. The molecule has 0 saturated carbocycles. The number of hydrogen-bond acceptors (Lipinski definition) is 8. The van der Waals surface area contributed by atoms with Gasteiger partial charge in [0.2, 0.25) is 0 Å². The monoisotopic (exact) mass is 464 g/mol. The van der Waals surface area contributed by atoms with Crippen LogP contribution >= 0.6 is 23.1 Å². The number of aromatic nitrogens is 1. The molecule has 1 aromatic heterocycles. The van der Waals surface area contributed by atoms with E-state index in [1.54, 1.807) is 12.1 Å². The van der Waals surface area contributed by atoms with Gasteiger partial charge in [-0.3, -0.25) is 4.99 Å². The van der Waals surface area contributed by atoms with Crippen molar-refractivity contribution in [3.8, 4) is 5.75 Å². The first-order valence-corrected chi connectivity index (χ1v) is 11.6. The fraction of sp³-hybridized carbons (Fsp3) is 0.136. The van der Waals surface area contributed by atoms with Crippen molar-refractivity contribution >= 4 is 67.7 Å². The van der Waals surface area contributed by atoms with Gasteiger partial charge in [-0.15, -0.1) is 23.1 Å². The molecular weight excluding hydrogens is 447 g/mol. The number of ether oxygens (including phenoxy) is 1. The van der Waals surface area contributed by atoms with Crippen molar-refractivity contribution in [3.05, 3.63) is 65.2 Å². The predicted octanol–water partition coefficient (Wildman–Crippen LogP) is 2.65. The van der Waals surface area contributed by atoms with E-state index in [1.807, 2.05) is 42.5 Å². The van der Waals surface area contributed by atoms with Crippen LogP contribution in [0.5, 0.6) is 5.75 Å². The molecule has 1 aliphatic heterocycles. The summed E-state index contributed by atoms with van der Waals surface area (Å²) in [6.07, 6.45) is 0. The Bertz CT molecular complexity index is 1370. The van der Waals surface area contributed by atoms with Gasteiger partial charge in [-0.25, -0.2) is 9.78 Å². The number of nitrogens with zero attached hydrogens (tertiary/aromatic N) is 2. The Kier molecular flexibility index (Phi) is 5.60. The highest BCUT2D eigenvalue weighted by molar-refractivity contribution is 8.15. The normalized spacial score (nSPS) is 15.8. The molecule has 0 saturated heterocycles. The van der Waals surface area contributed by atoms with Gasteiger partial charge in [0.25, 0.3) is 0 Å². The molecular formula is C22H17BN2O5S2. The van der Waals surface area contributed by atoms with Gasteiger partial charge in [-0.05, 0) is 40.0 Å². The molecule has 160 valence electrons. The topological polar surface area (TPSA) is 112 Å². The zero-order valence-corrected chi connectivity index (χ0v) is 18.3. The summed E-state index contributed by atoms with van der Waals surface area (Å²) < 4.78 is 6.97. The van der Waals surface area contributed by atoms with Gasteiger partial charge < -0.3 is 19.9 Å². The summed E-state index contributed by atoms with van der Waals surface area (Å²) >= 11 is 2.87. The summed E-state index contributed by atoms with van der Waals surface area (Å²) in [5, 5.41) is 31.5. The van der Waals surface area contributed by atoms with Gasteiger partial charge in [-0.2, -0.15) is 0 Å². The first-order chi connectivity index (χ1) is 15.5. The van der Waals surface area contributed by atoms with Crippen molar-refractivity contribution < 1.29 is 24.7 Å². The second-order valence-corrected chi connectivity index (χ2v) is 9.31. The Balaban J connectivity index is 1.38. The van der Waals surface area contributed by atoms with Crippen molar-refractivity contribution in [2.75, 3.05) is 5.75 Å². The molecule has 32 heavy (non-hydrogen) atoms. The Morgan fingerprint density at radius 3 is 2.72 bits per heavy atom. The number of carboxylic acid groups (broad SMARTS) is 1. The first kappa shape index (κ1) is 21.0. The fourth-order valence-corrected chi connectivity index (χ4v) is 5.71. The SMILES string of the molecule is O=C(O)[C@H]1CSC(c2nc3ccc(OCc4cccc5c(B(O)O)cccc45)cc3s2)=N1. The van der Waals surface area contributed by atoms with Gasteiger partial charge in [-0.1, -0.05) is 36.4 Å². The number of aliphatic carboxylic acids is 1. The highest BCUT2D eigenvalue weighted by Crippen LogP contribution is 2.32. The Morgan fingerprint density at radius 1 is 1.12 bits per heavy atom. The summed E-state index contributed by atoms with van der Waals surface area (Å²) in [5.74, 6) is 0.195. The van der Waals surface area contributed by atoms with E-state index in [0.29, 0.717) is 28.6 Å². The second kappa shape index (κ2) is 8.55. The maximum Gasteiger partial charge on any atom is 0.489 e. The number of rotatable bonds is 6. The van der Waals surface area contributed by atoms with Gasteiger partial charge in [0.05, 0.1) is 10.2 Å². The summed E-state index contributed by atoms with van der Waals surface area (Å²) in [4.78, 5) is 20.0. The van der Waals surface area contributed by atoms with Crippen LogP contribution in [0.2, 0.25) is 0 Å². The largest absolute Gasteiger partial charge is 0.489 e. The van der Waals surface area contributed by atoms with Crippen molar-refractivity contribution in [2.24, 2.45) is 4.99 Å². The van der Waals surface area contributed by atoms with Crippen molar-refractivity contribution in [1.82, 2.24) is 4.98 Å². The summed E-state index contributed by atoms with van der Waals surface area (Å²) in [7, 11) is -1.54. The number of benzene rings is 3. The molecule has 10 heteroatoms. The zero-order valence-electron chi connectivity index (χ0n) is 16.6. The molecule has 0 unspecified atom stereocenters. The van der Waals surface area contributed by atoms with E-state index in [0.717, 1.165) is 31.6 Å². The number of carbonyl (C=O) groups is 1. The van der Waals surface area contributed by atoms with Crippen LogP contribution in [0.4, 0.5) is 0 Å². The van der Waals surface area contributed by atoms with Crippen LogP contribution < -0.4 is 10.2 Å². The maximum absolute atomic E-state index is 11.1. The Labute approximate surface area is 191 Å². The lowest BCUT2D eigenvalue weighted by atomic mass is 9.77. The van der Waals surface area contributed by atoms with E-state index in [4.69, 9.17) is 9.84 Å². The first-order valence-electron chi connectivity index (χ1n) is 9.83. The molecule has 1 atom stereocenters. The van der Waals surface area contributed by atoms with Gasteiger partial charge in [0.1, 0.15) is 22.4 Å². The van der Waals surface area contributed by atoms with E-state index in [-0.39, 0.29) is 0 Å². The maximum atomic E-state index is 11.1. The van der Waals surface area contributed by atoms with Crippen LogP contribution in [0, 0.1) is 0 Å². The van der Waals surface area contributed by atoms with Gasteiger partial charge >= 0.3 is 13.1 Å². The third-order valence-electron chi connectivity index (χ3n) is 5.20. The summed E-state index contributed by atoms with van der Waals surface area (Å²) in [6, 6.07) is 16.0. The fourth-order valence-electron chi connectivity index (χ4n) is 3.62. The van der Waals surface area contributed by atoms with Crippen LogP contribution in [0.25, 0.3) is 21.0 Å². The lowest BCUT2D eigenvalue weighted by Crippen LogP contribution is -2.30. The van der Waals surface area contributed by atoms with Crippen molar-refractivity contribution in [2.45, 2.75) is 12.6 Å². The predicted molar refractivity (Wildman–Crippen MR) is 128 cm³/mol. The molecule has 0 bridgehead atoms. The summed E-state index contributed by atoms with van der Waals surface area (Å²) in [6.45, 7) is 0.322. The van der Waals surface area contributed by atoms with Crippen LogP contribution in [0.1, 0.15) is 10.6 Å². The highest BCUT2D eigenvalue weighted by Gasteiger charge is 2.27. The molecule has 7 nitrogen and oxygen atoms in total. The molecule has 0 aliphatic carbocycles. The molecule has 3 N–H and O–H groups in total. The molecule has 0 amide bonds. The lowest BCUT2D eigenvalue weighted by molar-refractivity contribution is -0.137. The molecule has 0 radical (unpaired) electrons. The smallest absolute Gasteiger partial charge is 0.489 e. The quantitative estimate of drug-likeness (QED) is 0.376. The Hall–Kier alpha value is -2.92. The zero-order chi connectivity index (χ0) is 22.2. The van der Waals surface area contributed by atoms with Crippen LogP contribution in [-0.2, 0) is 11.4 Å². The number of thioether (sulfide) groups is 1. The molecule has 2 heterocycles.